The summed E-state index contributed by atoms with van der Waals surface area (Å²) in [6.45, 7) is 1.80. The Morgan fingerprint density at radius 3 is 2.91 bits per heavy atom. The topological polar surface area (TPSA) is 72.5 Å². The lowest BCUT2D eigenvalue weighted by molar-refractivity contribution is -0.156. The van der Waals surface area contributed by atoms with E-state index in [4.69, 9.17) is 15.6 Å². The number of hydrogen-bond donors (Lipinski definition) is 2. The summed E-state index contributed by atoms with van der Waals surface area (Å²) in [4.78, 5) is 10.6. The van der Waals surface area contributed by atoms with Crippen molar-refractivity contribution in [3.05, 3.63) is 11.8 Å². The zero-order valence-corrected chi connectivity index (χ0v) is 6.33. The van der Waals surface area contributed by atoms with Gasteiger partial charge < -0.3 is 15.6 Å². The Bertz CT molecular complexity index is 212. The highest BCUT2D eigenvalue weighted by Crippen LogP contribution is 2.27. The maximum atomic E-state index is 10.6. The van der Waals surface area contributed by atoms with Gasteiger partial charge in [0, 0.05) is 6.42 Å². The molecule has 0 saturated heterocycles. The molecule has 0 aromatic carbocycles. The first kappa shape index (κ1) is 8.07. The number of rotatable bonds is 2. The third-order valence-electron chi connectivity index (χ3n) is 1.73. The average Bonchev–Trinajstić information content (AvgIpc) is 2.33. The minimum Gasteiger partial charge on any atom is -0.479 e. The molecule has 0 bridgehead atoms. The highest BCUT2D eigenvalue weighted by atomic mass is 16.5. The SMILES string of the molecule is CC1(C(=O)O)CC=C(CN)O1. The molecule has 1 aliphatic heterocycles. The second kappa shape index (κ2) is 2.54. The third-order valence-corrected chi connectivity index (χ3v) is 1.73. The number of carboxylic acid groups (broad SMARTS) is 1. The van der Waals surface area contributed by atoms with Gasteiger partial charge in [0.15, 0.2) is 0 Å². The van der Waals surface area contributed by atoms with Crippen LogP contribution in [0.1, 0.15) is 13.3 Å². The first-order chi connectivity index (χ1) is 5.08. The van der Waals surface area contributed by atoms with E-state index >= 15 is 0 Å². The highest BCUT2D eigenvalue weighted by Gasteiger charge is 2.38. The van der Waals surface area contributed by atoms with Crippen LogP contribution in [0.25, 0.3) is 0 Å². The average molecular weight is 157 g/mol. The fourth-order valence-corrected chi connectivity index (χ4v) is 0.937. The number of hydrogen-bond acceptors (Lipinski definition) is 3. The number of carbonyl (C=O) groups is 1. The lowest BCUT2D eigenvalue weighted by atomic mass is 10.1. The molecule has 0 aromatic heterocycles. The summed E-state index contributed by atoms with van der Waals surface area (Å²) in [5.41, 5.74) is 4.18. The fraction of sp³-hybridized carbons (Fsp3) is 0.571. The van der Waals surface area contributed by atoms with Crippen LogP contribution >= 0.6 is 0 Å². The van der Waals surface area contributed by atoms with E-state index in [1.54, 1.807) is 6.08 Å². The normalized spacial score (nSPS) is 29.5. The number of aliphatic carboxylic acids is 1. The van der Waals surface area contributed by atoms with E-state index in [-0.39, 0.29) is 6.54 Å². The van der Waals surface area contributed by atoms with E-state index in [0.29, 0.717) is 12.2 Å². The van der Waals surface area contributed by atoms with E-state index in [9.17, 15) is 4.79 Å². The van der Waals surface area contributed by atoms with Gasteiger partial charge in [0.05, 0.1) is 6.54 Å². The summed E-state index contributed by atoms with van der Waals surface area (Å²) in [7, 11) is 0. The summed E-state index contributed by atoms with van der Waals surface area (Å²) in [6, 6.07) is 0. The van der Waals surface area contributed by atoms with E-state index in [0.717, 1.165) is 0 Å². The standard InChI is InChI=1S/C7H11NO3/c1-7(6(9)10)3-2-5(4-8)11-7/h2H,3-4,8H2,1H3,(H,9,10). The second-order valence-electron chi connectivity index (χ2n) is 2.72. The Morgan fingerprint density at radius 1 is 2.00 bits per heavy atom. The highest BCUT2D eigenvalue weighted by molar-refractivity contribution is 5.77. The molecule has 11 heavy (non-hydrogen) atoms. The van der Waals surface area contributed by atoms with Crippen molar-refractivity contribution in [3.63, 3.8) is 0 Å². The maximum absolute atomic E-state index is 10.6. The summed E-state index contributed by atoms with van der Waals surface area (Å²) in [5.74, 6) is -0.382. The Balaban J connectivity index is 2.64. The Morgan fingerprint density at radius 2 is 2.64 bits per heavy atom. The van der Waals surface area contributed by atoms with Gasteiger partial charge in [0.2, 0.25) is 5.60 Å². The van der Waals surface area contributed by atoms with Crippen molar-refractivity contribution in [1.29, 1.82) is 0 Å². The lowest BCUT2D eigenvalue weighted by Gasteiger charge is -2.19. The van der Waals surface area contributed by atoms with Gasteiger partial charge in [-0.3, -0.25) is 0 Å². The predicted octanol–water partition coefficient (Wildman–Crippen LogP) is 0.0926. The smallest absolute Gasteiger partial charge is 0.348 e. The van der Waals surface area contributed by atoms with Crippen molar-refractivity contribution >= 4 is 5.97 Å². The lowest BCUT2D eigenvalue weighted by Crippen LogP contribution is -2.34. The van der Waals surface area contributed by atoms with Gasteiger partial charge in [-0.15, -0.1) is 0 Å². The fourth-order valence-electron chi connectivity index (χ4n) is 0.937. The molecule has 4 nitrogen and oxygen atoms in total. The number of ether oxygens (including phenoxy) is 1. The van der Waals surface area contributed by atoms with Gasteiger partial charge in [-0.05, 0) is 13.0 Å². The van der Waals surface area contributed by atoms with Crippen LogP contribution in [0.5, 0.6) is 0 Å². The molecule has 1 atom stereocenters. The van der Waals surface area contributed by atoms with Crippen LogP contribution < -0.4 is 5.73 Å². The molecule has 1 heterocycles. The summed E-state index contributed by atoms with van der Waals surface area (Å²) in [6.07, 6.45) is 2.11. The molecular weight excluding hydrogens is 146 g/mol. The van der Waals surface area contributed by atoms with Crippen molar-refractivity contribution in [3.8, 4) is 0 Å². The predicted molar refractivity (Wildman–Crippen MR) is 38.9 cm³/mol. The summed E-state index contributed by atoms with van der Waals surface area (Å²) < 4.78 is 5.10. The van der Waals surface area contributed by atoms with E-state index in [1.807, 2.05) is 0 Å². The molecule has 62 valence electrons. The van der Waals surface area contributed by atoms with Crippen molar-refractivity contribution in [2.75, 3.05) is 6.54 Å². The van der Waals surface area contributed by atoms with E-state index < -0.39 is 11.6 Å². The maximum Gasteiger partial charge on any atom is 0.348 e. The minimum absolute atomic E-state index is 0.267. The van der Waals surface area contributed by atoms with Gasteiger partial charge in [-0.25, -0.2) is 4.79 Å². The molecule has 1 aliphatic rings. The van der Waals surface area contributed by atoms with Gasteiger partial charge in [-0.2, -0.15) is 0 Å². The molecule has 0 radical (unpaired) electrons. The summed E-state index contributed by atoms with van der Waals surface area (Å²) >= 11 is 0. The molecular formula is C7H11NO3. The quantitative estimate of drug-likeness (QED) is 0.596. The monoisotopic (exact) mass is 157 g/mol. The van der Waals surface area contributed by atoms with Gasteiger partial charge >= 0.3 is 5.97 Å². The molecule has 0 aliphatic carbocycles. The van der Waals surface area contributed by atoms with Crippen LogP contribution in [0.15, 0.2) is 11.8 Å². The number of carboxylic acids is 1. The van der Waals surface area contributed by atoms with Crippen molar-refractivity contribution < 1.29 is 14.6 Å². The largest absolute Gasteiger partial charge is 0.479 e. The van der Waals surface area contributed by atoms with Crippen LogP contribution in [-0.4, -0.2) is 23.2 Å². The van der Waals surface area contributed by atoms with Crippen molar-refractivity contribution in [2.45, 2.75) is 18.9 Å². The van der Waals surface area contributed by atoms with Crippen LogP contribution in [-0.2, 0) is 9.53 Å². The zero-order chi connectivity index (χ0) is 8.48. The summed E-state index contributed by atoms with van der Waals surface area (Å²) in [5, 5.41) is 8.69. The van der Waals surface area contributed by atoms with Gasteiger partial charge in [0.25, 0.3) is 0 Å². The minimum atomic E-state index is -1.09. The van der Waals surface area contributed by atoms with E-state index in [1.165, 1.54) is 6.92 Å². The number of nitrogens with two attached hydrogens (primary N) is 1. The molecule has 4 heteroatoms. The third kappa shape index (κ3) is 1.35. The van der Waals surface area contributed by atoms with Crippen LogP contribution in [0.3, 0.4) is 0 Å². The zero-order valence-electron chi connectivity index (χ0n) is 6.33. The van der Waals surface area contributed by atoms with Crippen LogP contribution in [0.2, 0.25) is 0 Å². The van der Waals surface area contributed by atoms with Crippen LogP contribution in [0.4, 0.5) is 0 Å². The van der Waals surface area contributed by atoms with E-state index in [2.05, 4.69) is 0 Å². The molecule has 3 N–H and O–H groups in total. The molecule has 1 unspecified atom stereocenters. The Labute approximate surface area is 64.6 Å². The van der Waals surface area contributed by atoms with Crippen molar-refractivity contribution in [2.24, 2.45) is 5.73 Å². The molecule has 0 aromatic rings. The first-order valence-corrected chi connectivity index (χ1v) is 3.40. The van der Waals surface area contributed by atoms with Gasteiger partial charge in [-0.1, -0.05) is 0 Å². The van der Waals surface area contributed by atoms with Gasteiger partial charge in [0.1, 0.15) is 5.76 Å². The molecule has 0 saturated carbocycles. The second-order valence-corrected chi connectivity index (χ2v) is 2.72. The van der Waals surface area contributed by atoms with Crippen LogP contribution in [0, 0.1) is 0 Å². The molecule has 1 rings (SSSR count). The molecule has 0 amide bonds. The van der Waals surface area contributed by atoms with Crippen molar-refractivity contribution in [1.82, 2.24) is 0 Å². The molecule has 0 fully saturated rings. The molecule has 0 spiro atoms. The Kier molecular flexibility index (Phi) is 1.87. The first-order valence-electron chi connectivity index (χ1n) is 3.40. The Hall–Kier alpha value is -1.03.